The molecule has 2 amide bonds. The van der Waals surface area contributed by atoms with Crippen LogP contribution in [0.5, 0.6) is 0 Å². The third-order valence-electron chi connectivity index (χ3n) is 2.94. The number of nitrogens with zero attached hydrogens (tertiary/aromatic N) is 2. The lowest BCUT2D eigenvalue weighted by molar-refractivity contribution is -0.137. The van der Waals surface area contributed by atoms with Gasteiger partial charge in [-0.2, -0.15) is 13.2 Å². The first-order valence-corrected chi connectivity index (χ1v) is 5.77. The van der Waals surface area contributed by atoms with Crippen LogP contribution in [0.25, 0.3) is 11.3 Å². The standard InChI is InChI=1S/C13H6F3N3O2/c14-13(15,16)7-5-10-9(18-11(20)12(21)19-10)4-6(7)8-2-1-3-17-8/h1-5,17H. The van der Waals surface area contributed by atoms with E-state index in [-0.39, 0.29) is 22.0 Å². The number of hydrogen-bond donors (Lipinski definition) is 1. The van der Waals surface area contributed by atoms with Gasteiger partial charge in [-0.05, 0) is 24.3 Å². The Morgan fingerprint density at radius 3 is 2.14 bits per heavy atom. The number of aromatic nitrogens is 1. The lowest BCUT2D eigenvalue weighted by Gasteiger charge is -2.12. The Labute approximate surface area is 114 Å². The zero-order valence-corrected chi connectivity index (χ0v) is 10.2. The first-order valence-electron chi connectivity index (χ1n) is 5.77. The van der Waals surface area contributed by atoms with Gasteiger partial charge in [0.05, 0.1) is 16.3 Å². The number of rotatable bonds is 1. The van der Waals surface area contributed by atoms with Crippen molar-refractivity contribution in [3.05, 3.63) is 46.7 Å². The number of alkyl halides is 3. The van der Waals surface area contributed by atoms with Crippen LogP contribution in [0.15, 0.2) is 40.4 Å². The molecule has 0 aliphatic carbocycles. The van der Waals surface area contributed by atoms with E-state index in [9.17, 15) is 22.8 Å². The van der Waals surface area contributed by atoms with Crippen molar-refractivity contribution in [2.24, 2.45) is 9.98 Å². The Morgan fingerprint density at radius 2 is 1.62 bits per heavy atom. The fourth-order valence-corrected chi connectivity index (χ4v) is 2.03. The molecule has 0 saturated carbocycles. The van der Waals surface area contributed by atoms with Crippen LogP contribution < -0.4 is 10.7 Å². The first-order chi connectivity index (χ1) is 9.86. The molecule has 0 fully saturated rings. The third-order valence-corrected chi connectivity index (χ3v) is 2.94. The zero-order chi connectivity index (χ0) is 15.2. The van der Waals surface area contributed by atoms with Gasteiger partial charge < -0.3 is 4.98 Å². The maximum atomic E-state index is 13.1. The van der Waals surface area contributed by atoms with Crippen LogP contribution in [-0.2, 0) is 15.8 Å². The Morgan fingerprint density at radius 1 is 1.00 bits per heavy atom. The van der Waals surface area contributed by atoms with Crippen LogP contribution >= 0.6 is 0 Å². The quantitative estimate of drug-likeness (QED) is 0.797. The molecule has 0 spiro atoms. The van der Waals surface area contributed by atoms with Crippen molar-refractivity contribution in [3.8, 4) is 11.3 Å². The van der Waals surface area contributed by atoms with Crippen molar-refractivity contribution in [1.29, 1.82) is 0 Å². The van der Waals surface area contributed by atoms with Crippen LogP contribution in [0, 0.1) is 0 Å². The predicted molar refractivity (Wildman–Crippen MR) is 63.6 cm³/mol. The highest BCUT2D eigenvalue weighted by molar-refractivity contribution is 6.36. The molecule has 106 valence electrons. The number of fused-ring (bicyclic) bond motifs is 1. The lowest BCUT2D eigenvalue weighted by Crippen LogP contribution is -2.36. The highest BCUT2D eigenvalue weighted by Gasteiger charge is 2.35. The summed E-state index contributed by atoms with van der Waals surface area (Å²) < 4.78 is 39.4. The molecular formula is C13H6F3N3O2. The van der Waals surface area contributed by atoms with Crippen LogP contribution in [0.2, 0.25) is 0 Å². The average Bonchev–Trinajstić information content (AvgIpc) is 2.91. The van der Waals surface area contributed by atoms with E-state index < -0.39 is 23.6 Å². The van der Waals surface area contributed by atoms with E-state index in [0.717, 1.165) is 12.1 Å². The first kappa shape index (κ1) is 13.2. The van der Waals surface area contributed by atoms with Crippen molar-refractivity contribution < 1.29 is 22.8 Å². The molecule has 0 bridgehead atoms. The highest BCUT2D eigenvalue weighted by atomic mass is 19.4. The lowest BCUT2D eigenvalue weighted by atomic mass is 10.0. The number of halogens is 3. The Hall–Kier alpha value is -2.77. The summed E-state index contributed by atoms with van der Waals surface area (Å²) in [7, 11) is 0. The molecule has 1 aromatic heterocycles. The monoisotopic (exact) mass is 293 g/mol. The largest absolute Gasteiger partial charge is 0.417 e. The number of nitrogens with one attached hydrogen (secondary N) is 1. The van der Waals surface area contributed by atoms with Gasteiger partial charge in [0, 0.05) is 17.5 Å². The summed E-state index contributed by atoms with van der Waals surface area (Å²) in [6, 6.07) is 4.83. The van der Waals surface area contributed by atoms with E-state index >= 15 is 0 Å². The number of aromatic amines is 1. The second-order valence-electron chi connectivity index (χ2n) is 4.30. The highest BCUT2D eigenvalue weighted by Crippen LogP contribution is 2.34. The van der Waals surface area contributed by atoms with Crippen molar-refractivity contribution in [2.75, 3.05) is 0 Å². The Bertz CT molecular complexity index is 867. The van der Waals surface area contributed by atoms with Crippen molar-refractivity contribution in [3.63, 3.8) is 0 Å². The fourth-order valence-electron chi connectivity index (χ4n) is 2.03. The molecule has 3 rings (SSSR count). The van der Waals surface area contributed by atoms with Gasteiger partial charge in [0.2, 0.25) is 0 Å². The summed E-state index contributed by atoms with van der Waals surface area (Å²) in [5.41, 5.74) is -0.887. The normalized spacial score (nSPS) is 14.4. The smallest absolute Gasteiger partial charge is 0.361 e. The fraction of sp³-hybridized carbons (Fsp3) is 0.0769. The van der Waals surface area contributed by atoms with Crippen LogP contribution in [0.1, 0.15) is 5.56 Å². The molecule has 1 aliphatic heterocycles. The molecule has 1 N–H and O–H groups in total. The second kappa shape index (κ2) is 4.37. The molecule has 0 atom stereocenters. The number of benzene rings is 1. The maximum absolute atomic E-state index is 13.1. The minimum absolute atomic E-state index is 0.0581. The van der Waals surface area contributed by atoms with E-state index in [1.54, 1.807) is 6.07 Å². The van der Waals surface area contributed by atoms with Crippen LogP contribution in [0.3, 0.4) is 0 Å². The molecule has 1 aliphatic rings. The van der Waals surface area contributed by atoms with Crippen LogP contribution in [-0.4, -0.2) is 16.8 Å². The van der Waals surface area contributed by atoms with Gasteiger partial charge in [0.1, 0.15) is 0 Å². The molecule has 0 radical (unpaired) electrons. The molecule has 0 unspecified atom stereocenters. The molecule has 0 saturated heterocycles. The molecular weight excluding hydrogens is 287 g/mol. The number of H-pyrrole nitrogens is 1. The predicted octanol–water partition coefficient (Wildman–Crippen LogP) is 1.01. The van der Waals surface area contributed by atoms with Gasteiger partial charge >= 0.3 is 18.0 Å². The van der Waals surface area contributed by atoms with Gasteiger partial charge in [0.15, 0.2) is 0 Å². The van der Waals surface area contributed by atoms with E-state index in [2.05, 4.69) is 15.0 Å². The van der Waals surface area contributed by atoms with E-state index in [1.807, 2.05) is 0 Å². The average molecular weight is 293 g/mol. The minimum atomic E-state index is -4.63. The van der Waals surface area contributed by atoms with Gasteiger partial charge in [-0.25, -0.2) is 9.98 Å². The van der Waals surface area contributed by atoms with E-state index in [0.29, 0.717) is 0 Å². The van der Waals surface area contributed by atoms with Crippen LogP contribution in [0.4, 0.5) is 13.2 Å². The third kappa shape index (κ3) is 2.24. The van der Waals surface area contributed by atoms with Crippen molar-refractivity contribution in [2.45, 2.75) is 6.18 Å². The summed E-state index contributed by atoms with van der Waals surface area (Å²) >= 11 is 0. The van der Waals surface area contributed by atoms with E-state index in [1.165, 1.54) is 12.3 Å². The van der Waals surface area contributed by atoms with Gasteiger partial charge in [-0.1, -0.05) is 0 Å². The van der Waals surface area contributed by atoms with Gasteiger partial charge in [0.25, 0.3) is 0 Å². The summed E-state index contributed by atoms with van der Waals surface area (Å²) in [5.74, 6) is -2.28. The van der Waals surface area contributed by atoms with Crippen molar-refractivity contribution >= 4 is 11.8 Å². The molecule has 8 heteroatoms. The summed E-state index contributed by atoms with van der Waals surface area (Å²) in [6.45, 7) is 0. The molecule has 21 heavy (non-hydrogen) atoms. The number of hydrogen-bond acceptors (Lipinski definition) is 2. The summed E-state index contributed by atoms with van der Waals surface area (Å²) in [4.78, 5) is 31.8. The molecule has 2 heterocycles. The van der Waals surface area contributed by atoms with Gasteiger partial charge in [-0.15, -0.1) is 0 Å². The summed E-state index contributed by atoms with van der Waals surface area (Å²) in [5, 5.41) is -0.320. The second-order valence-corrected chi connectivity index (χ2v) is 4.30. The minimum Gasteiger partial charge on any atom is -0.361 e. The maximum Gasteiger partial charge on any atom is 0.417 e. The zero-order valence-electron chi connectivity index (χ0n) is 10.2. The number of carbonyl (C=O) groups excluding carboxylic acids is 2. The van der Waals surface area contributed by atoms with E-state index in [4.69, 9.17) is 0 Å². The Kier molecular flexibility index (Phi) is 2.75. The SMILES string of the molecule is O=C1N=c2cc(-c3ccc[nH]3)c(C(F)(F)F)cc2=NC1=O. The molecule has 1 aromatic carbocycles. The van der Waals surface area contributed by atoms with Crippen molar-refractivity contribution in [1.82, 2.24) is 4.98 Å². The summed E-state index contributed by atoms with van der Waals surface area (Å²) in [6.07, 6.45) is -3.15. The molecule has 5 nitrogen and oxygen atoms in total. The number of amides is 2. The molecule has 2 aromatic rings. The topological polar surface area (TPSA) is 74.7 Å². The van der Waals surface area contributed by atoms with Gasteiger partial charge in [-0.3, -0.25) is 9.59 Å². The Balaban J connectivity index is 2.38. The number of carbonyl (C=O) groups is 2.